The second kappa shape index (κ2) is 5.23. The summed E-state index contributed by atoms with van der Waals surface area (Å²) in [5.74, 6) is -1.15. The molecule has 0 saturated carbocycles. The second-order valence-electron chi connectivity index (χ2n) is 4.18. The lowest BCUT2D eigenvalue weighted by atomic mass is 9.88. The summed E-state index contributed by atoms with van der Waals surface area (Å²) in [5.41, 5.74) is 5.54. The maximum atomic E-state index is 11.7. The lowest BCUT2D eigenvalue weighted by molar-refractivity contribution is -0.140. The second-order valence-corrected chi connectivity index (χ2v) is 4.18. The zero-order valence-electron chi connectivity index (χ0n) is 8.98. The molecule has 0 aliphatic carbocycles. The highest BCUT2D eigenvalue weighted by atomic mass is 16.4. The van der Waals surface area contributed by atoms with E-state index in [0.717, 1.165) is 25.9 Å². The molecular weight excluding hydrogens is 196 g/mol. The van der Waals surface area contributed by atoms with Crippen molar-refractivity contribution in [3.8, 4) is 0 Å². The van der Waals surface area contributed by atoms with E-state index in [1.165, 1.54) is 0 Å². The molecule has 1 unspecified atom stereocenters. The number of piperidine rings is 1. The Labute approximate surface area is 89.2 Å². The van der Waals surface area contributed by atoms with Crippen molar-refractivity contribution >= 4 is 11.8 Å². The van der Waals surface area contributed by atoms with Crippen LogP contribution < -0.4 is 5.73 Å². The van der Waals surface area contributed by atoms with Gasteiger partial charge in [-0.1, -0.05) is 0 Å². The number of aliphatic carboxylic acids is 1. The van der Waals surface area contributed by atoms with Gasteiger partial charge in [0.15, 0.2) is 5.78 Å². The fourth-order valence-electron chi connectivity index (χ4n) is 1.88. The van der Waals surface area contributed by atoms with Crippen LogP contribution >= 0.6 is 0 Å². The van der Waals surface area contributed by atoms with Gasteiger partial charge in [0.2, 0.25) is 0 Å². The minimum atomic E-state index is -1.01. The monoisotopic (exact) mass is 214 g/mol. The first-order valence-electron chi connectivity index (χ1n) is 5.20. The maximum absolute atomic E-state index is 11.7. The first kappa shape index (κ1) is 12.1. The van der Waals surface area contributed by atoms with Gasteiger partial charge < -0.3 is 15.7 Å². The van der Waals surface area contributed by atoms with Crippen molar-refractivity contribution in [1.29, 1.82) is 0 Å². The first-order chi connectivity index (χ1) is 7.00. The minimum Gasteiger partial charge on any atom is -0.481 e. The van der Waals surface area contributed by atoms with Crippen LogP contribution in [0.25, 0.3) is 0 Å². The average Bonchev–Trinajstić information content (AvgIpc) is 2.17. The van der Waals surface area contributed by atoms with E-state index in [1.54, 1.807) is 0 Å². The Morgan fingerprint density at radius 3 is 2.47 bits per heavy atom. The highest BCUT2D eigenvalue weighted by molar-refractivity contribution is 5.89. The smallest absolute Gasteiger partial charge is 0.305 e. The minimum absolute atomic E-state index is 0.0458. The van der Waals surface area contributed by atoms with Crippen molar-refractivity contribution in [2.45, 2.75) is 25.3 Å². The predicted octanol–water partition coefficient (Wildman–Crippen LogP) is -0.301. The number of carboxylic acid groups (broad SMARTS) is 1. The van der Waals surface area contributed by atoms with Gasteiger partial charge in [0.25, 0.3) is 0 Å². The number of carbonyl (C=O) groups is 2. The Bertz CT molecular complexity index is 247. The number of carbonyl (C=O) groups excluding carboxylic acids is 1. The van der Waals surface area contributed by atoms with Crippen LogP contribution in [-0.2, 0) is 9.59 Å². The fourth-order valence-corrected chi connectivity index (χ4v) is 1.88. The molecule has 1 aliphatic rings. The molecule has 0 bridgehead atoms. The van der Waals surface area contributed by atoms with Gasteiger partial charge in [-0.15, -0.1) is 0 Å². The quantitative estimate of drug-likeness (QED) is 0.671. The van der Waals surface area contributed by atoms with Crippen molar-refractivity contribution in [3.05, 3.63) is 0 Å². The molecule has 5 heteroatoms. The van der Waals surface area contributed by atoms with Gasteiger partial charge in [-0.2, -0.15) is 0 Å². The zero-order chi connectivity index (χ0) is 11.4. The molecule has 0 amide bonds. The number of nitrogens with two attached hydrogens (primary N) is 1. The molecule has 15 heavy (non-hydrogen) atoms. The summed E-state index contributed by atoms with van der Waals surface area (Å²) >= 11 is 0. The number of rotatable bonds is 4. The van der Waals surface area contributed by atoms with Crippen LogP contribution in [0.5, 0.6) is 0 Å². The topological polar surface area (TPSA) is 83.6 Å². The highest BCUT2D eigenvalue weighted by Gasteiger charge is 2.28. The molecule has 0 aromatic rings. The molecule has 3 N–H and O–H groups in total. The SMILES string of the molecule is CN1CCC(C(=O)C(N)CC(=O)O)CC1. The van der Waals surface area contributed by atoms with E-state index in [-0.39, 0.29) is 18.1 Å². The van der Waals surface area contributed by atoms with Gasteiger partial charge in [-0.05, 0) is 33.0 Å². The standard InChI is InChI=1S/C10H18N2O3/c1-12-4-2-7(3-5-12)10(15)8(11)6-9(13)14/h7-8H,2-6,11H2,1H3,(H,13,14). The molecule has 86 valence electrons. The third-order valence-corrected chi connectivity index (χ3v) is 2.88. The summed E-state index contributed by atoms with van der Waals surface area (Å²) < 4.78 is 0. The van der Waals surface area contributed by atoms with Crippen LogP contribution in [0.3, 0.4) is 0 Å². The highest BCUT2D eigenvalue weighted by Crippen LogP contribution is 2.18. The maximum Gasteiger partial charge on any atom is 0.305 e. The number of hydrogen-bond acceptors (Lipinski definition) is 4. The van der Waals surface area contributed by atoms with Crippen molar-refractivity contribution < 1.29 is 14.7 Å². The van der Waals surface area contributed by atoms with Crippen molar-refractivity contribution in [3.63, 3.8) is 0 Å². The number of Topliss-reactive ketones (excluding diaryl/α,β-unsaturated/α-hetero) is 1. The Morgan fingerprint density at radius 2 is 2.00 bits per heavy atom. The third kappa shape index (κ3) is 3.60. The zero-order valence-corrected chi connectivity index (χ0v) is 8.98. The lowest BCUT2D eigenvalue weighted by Gasteiger charge is -2.29. The normalized spacial score (nSPS) is 21.2. The summed E-state index contributed by atoms with van der Waals surface area (Å²) in [5, 5.41) is 8.53. The van der Waals surface area contributed by atoms with Gasteiger partial charge in [-0.25, -0.2) is 0 Å². The van der Waals surface area contributed by atoms with Crippen molar-refractivity contribution in [2.75, 3.05) is 20.1 Å². The molecular formula is C10H18N2O3. The lowest BCUT2D eigenvalue weighted by Crippen LogP contribution is -2.42. The van der Waals surface area contributed by atoms with Crippen molar-refractivity contribution in [2.24, 2.45) is 11.7 Å². The van der Waals surface area contributed by atoms with Crippen LogP contribution in [0.2, 0.25) is 0 Å². The van der Waals surface area contributed by atoms with Gasteiger partial charge in [0.1, 0.15) is 0 Å². The molecule has 0 spiro atoms. The van der Waals surface area contributed by atoms with E-state index in [0.29, 0.717) is 0 Å². The summed E-state index contributed by atoms with van der Waals surface area (Å²) in [6.45, 7) is 1.77. The molecule has 1 atom stereocenters. The number of hydrogen-bond donors (Lipinski definition) is 2. The predicted molar refractivity (Wildman–Crippen MR) is 55.5 cm³/mol. The number of ketones is 1. The Morgan fingerprint density at radius 1 is 1.47 bits per heavy atom. The van der Waals surface area contributed by atoms with Crippen LogP contribution in [0.4, 0.5) is 0 Å². The molecule has 1 aliphatic heterocycles. The van der Waals surface area contributed by atoms with Gasteiger partial charge >= 0.3 is 5.97 Å². The van der Waals surface area contributed by atoms with E-state index in [9.17, 15) is 9.59 Å². The molecule has 5 nitrogen and oxygen atoms in total. The Balaban J connectivity index is 2.42. The summed E-state index contributed by atoms with van der Waals surface area (Å²) in [7, 11) is 2.01. The molecule has 1 rings (SSSR count). The number of nitrogens with zero attached hydrogens (tertiary/aromatic N) is 1. The van der Waals surface area contributed by atoms with E-state index in [4.69, 9.17) is 10.8 Å². The molecule has 0 aromatic carbocycles. The van der Waals surface area contributed by atoms with Crippen LogP contribution in [-0.4, -0.2) is 47.9 Å². The van der Waals surface area contributed by atoms with E-state index >= 15 is 0 Å². The average molecular weight is 214 g/mol. The fraction of sp³-hybridized carbons (Fsp3) is 0.800. The van der Waals surface area contributed by atoms with E-state index in [2.05, 4.69) is 4.90 Å². The Hall–Kier alpha value is -0.940. The van der Waals surface area contributed by atoms with Crippen LogP contribution in [0.1, 0.15) is 19.3 Å². The molecule has 0 aromatic heterocycles. The van der Waals surface area contributed by atoms with Crippen molar-refractivity contribution in [1.82, 2.24) is 4.90 Å². The van der Waals surface area contributed by atoms with Crippen LogP contribution in [0, 0.1) is 5.92 Å². The van der Waals surface area contributed by atoms with E-state index in [1.807, 2.05) is 7.05 Å². The van der Waals surface area contributed by atoms with Crippen LogP contribution in [0.15, 0.2) is 0 Å². The number of likely N-dealkylation sites (tertiary alicyclic amines) is 1. The summed E-state index contributed by atoms with van der Waals surface area (Å²) in [6, 6.07) is -0.837. The van der Waals surface area contributed by atoms with Gasteiger partial charge in [-0.3, -0.25) is 9.59 Å². The summed E-state index contributed by atoms with van der Waals surface area (Å²) in [6.07, 6.45) is 1.33. The molecule has 1 saturated heterocycles. The molecule has 1 heterocycles. The largest absolute Gasteiger partial charge is 0.481 e. The summed E-state index contributed by atoms with van der Waals surface area (Å²) in [4.78, 5) is 24.3. The molecule has 0 radical (unpaired) electrons. The molecule has 1 fully saturated rings. The Kier molecular flexibility index (Phi) is 4.23. The van der Waals surface area contributed by atoms with Gasteiger partial charge in [0.05, 0.1) is 12.5 Å². The van der Waals surface area contributed by atoms with E-state index < -0.39 is 12.0 Å². The third-order valence-electron chi connectivity index (χ3n) is 2.88. The number of carboxylic acids is 1. The first-order valence-corrected chi connectivity index (χ1v) is 5.20. The van der Waals surface area contributed by atoms with Gasteiger partial charge in [0, 0.05) is 5.92 Å².